The third-order valence-electron chi connectivity index (χ3n) is 5.20. The summed E-state index contributed by atoms with van der Waals surface area (Å²) in [6.45, 7) is 2.83. The number of halogens is 3. The number of aromatic nitrogens is 4. The zero-order chi connectivity index (χ0) is 21.3. The van der Waals surface area contributed by atoms with Gasteiger partial charge in [0, 0.05) is 54.2 Å². The smallest absolute Gasteiger partial charge is 0.394 e. The maximum Gasteiger partial charge on any atom is 0.419 e. The van der Waals surface area contributed by atoms with Crippen LogP contribution in [0.25, 0.3) is 22.3 Å². The number of hydrogen-bond acceptors (Lipinski definition) is 6. The molecule has 1 atom stereocenters. The predicted octanol–water partition coefficient (Wildman–Crippen LogP) is 3.73. The maximum absolute atomic E-state index is 13.6. The van der Waals surface area contributed by atoms with Gasteiger partial charge in [-0.3, -0.25) is 0 Å². The number of aliphatic hydroxyl groups is 1. The van der Waals surface area contributed by atoms with Crippen molar-refractivity contribution in [3.63, 3.8) is 0 Å². The molecule has 3 N–H and O–H groups in total. The van der Waals surface area contributed by atoms with Crippen LogP contribution >= 0.6 is 0 Å². The highest BCUT2D eigenvalue weighted by atomic mass is 19.4. The Kier molecular flexibility index (Phi) is 5.61. The molecule has 7 nitrogen and oxygen atoms in total. The van der Waals surface area contributed by atoms with Gasteiger partial charge in [-0.05, 0) is 31.9 Å². The molecule has 0 amide bonds. The lowest BCUT2D eigenvalue weighted by atomic mass is 9.95. The van der Waals surface area contributed by atoms with Crippen molar-refractivity contribution in [1.82, 2.24) is 19.9 Å². The normalized spacial score (nSPS) is 16.7. The van der Waals surface area contributed by atoms with Gasteiger partial charge in [0.05, 0.1) is 12.3 Å². The number of ether oxygens (including phenoxy) is 1. The van der Waals surface area contributed by atoms with E-state index in [0.29, 0.717) is 29.8 Å². The van der Waals surface area contributed by atoms with E-state index in [1.807, 2.05) is 6.07 Å². The van der Waals surface area contributed by atoms with Gasteiger partial charge in [-0.1, -0.05) is 0 Å². The number of aromatic amines is 1. The number of aliphatic hydroxyl groups excluding tert-OH is 1. The van der Waals surface area contributed by atoms with E-state index < -0.39 is 17.8 Å². The summed E-state index contributed by atoms with van der Waals surface area (Å²) in [5.74, 6) is 0.288. The number of pyridine rings is 1. The first-order valence-corrected chi connectivity index (χ1v) is 9.74. The number of nitrogens with one attached hydrogen (secondary N) is 2. The highest BCUT2D eigenvalue weighted by Crippen LogP contribution is 2.39. The van der Waals surface area contributed by atoms with Gasteiger partial charge in [0.25, 0.3) is 0 Å². The highest BCUT2D eigenvalue weighted by Gasteiger charge is 2.36. The Bertz CT molecular complexity index is 1030. The minimum absolute atomic E-state index is 0.0145. The Morgan fingerprint density at radius 1 is 1.27 bits per heavy atom. The molecule has 1 aliphatic rings. The summed E-state index contributed by atoms with van der Waals surface area (Å²) in [5, 5.41) is 12.5. The number of hydrogen-bond donors (Lipinski definition) is 3. The van der Waals surface area contributed by atoms with Crippen LogP contribution in [0.5, 0.6) is 0 Å². The van der Waals surface area contributed by atoms with Crippen molar-refractivity contribution in [2.45, 2.75) is 37.9 Å². The van der Waals surface area contributed by atoms with Crippen LogP contribution in [0.15, 0.2) is 24.5 Å². The van der Waals surface area contributed by atoms with Crippen LogP contribution in [0, 0.1) is 0 Å². The van der Waals surface area contributed by atoms with E-state index in [0.717, 1.165) is 24.7 Å². The average molecular weight is 421 g/mol. The van der Waals surface area contributed by atoms with Crippen LogP contribution in [-0.2, 0) is 10.9 Å². The number of H-pyrrole nitrogens is 1. The summed E-state index contributed by atoms with van der Waals surface area (Å²) >= 11 is 0. The highest BCUT2D eigenvalue weighted by molar-refractivity contribution is 5.93. The standard InChI is InChI=1S/C20H22F3N5O2/c1-11(10-29)26-19-25-9-15(20(21,22)23)17(28-19)14-8-24-18-13(14)2-3-16(27-18)12-4-6-30-7-5-12/h2-3,8-9,11-12,29H,4-7,10H2,1H3,(H,24,27)(H,25,26,28)/t11-/m0/s1. The van der Waals surface area contributed by atoms with Crippen LogP contribution in [0.2, 0.25) is 0 Å². The zero-order valence-corrected chi connectivity index (χ0v) is 16.3. The summed E-state index contributed by atoms with van der Waals surface area (Å²) in [7, 11) is 0. The topological polar surface area (TPSA) is 96.0 Å². The van der Waals surface area contributed by atoms with Crippen molar-refractivity contribution in [2.75, 3.05) is 25.1 Å². The van der Waals surface area contributed by atoms with Gasteiger partial charge in [-0.2, -0.15) is 13.2 Å². The van der Waals surface area contributed by atoms with Gasteiger partial charge in [-0.25, -0.2) is 15.0 Å². The van der Waals surface area contributed by atoms with Gasteiger partial charge >= 0.3 is 6.18 Å². The fourth-order valence-electron chi connectivity index (χ4n) is 3.57. The van der Waals surface area contributed by atoms with Crippen molar-refractivity contribution < 1.29 is 23.0 Å². The summed E-state index contributed by atoms with van der Waals surface area (Å²) in [4.78, 5) is 15.5. The monoisotopic (exact) mass is 421 g/mol. The van der Waals surface area contributed by atoms with Crippen molar-refractivity contribution in [3.8, 4) is 11.3 Å². The fourth-order valence-corrected chi connectivity index (χ4v) is 3.57. The van der Waals surface area contributed by atoms with Crippen LogP contribution in [0.1, 0.15) is 36.9 Å². The van der Waals surface area contributed by atoms with Gasteiger partial charge in [-0.15, -0.1) is 0 Å². The summed E-state index contributed by atoms with van der Waals surface area (Å²) in [5.41, 5.74) is 0.539. The Labute approximate surface area is 170 Å². The quantitative estimate of drug-likeness (QED) is 0.581. The molecule has 4 rings (SSSR count). The minimum atomic E-state index is -4.62. The lowest BCUT2D eigenvalue weighted by Crippen LogP contribution is -2.21. The van der Waals surface area contributed by atoms with E-state index in [-0.39, 0.29) is 24.2 Å². The molecule has 4 heterocycles. The number of alkyl halides is 3. The van der Waals surface area contributed by atoms with Crippen LogP contribution in [0.4, 0.5) is 19.1 Å². The van der Waals surface area contributed by atoms with E-state index in [1.165, 1.54) is 6.20 Å². The molecule has 0 aliphatic carbocycles. The lowest BCUT2D eigenvalue weighted by molar-refractivity contribution is -0.137. The Morgan fingerprint density at radius 3 is 2.73 bits per heavy atom. The first-order chi connectivity index (χ1) is 14.4. The minimum Gasteiger partial charge on any atom is -0.394 e. The third kappa shape index (κ3) is 4.10. The molecular formula is C20H22F3N5O2. The van der Waals surface area contributed by atoms with Crippen molar-refractivity contribution in [2.24, 2.45) is 0 Å². The molecule has 30 heavy (non-hydrogen) atoms. The summed E-state index contributed by atoms with van der Waals surface area (Å²) in [6.07, 6.45) is -0.627. The molecule has 10 heteroatoms. The molecule has 3 aromatic heterocycles. The van der Waals surface area contributed by atoms with Crippen LogP contribution in [-0.4, -0.2) is 50.9 Å². The van der Waals surface area contributed by atoms with Gasteiger partial charge in [0.1, 0.15) is 11.2 Å². The number of anilines is 1. The molecule has 3 aromatic rings. The number of rotatable bonds is 5. The Hall–Kier alpha value is -2.72. The SMILES string of the molecule is C[C@@H](CO)Nc1ncc(C(F)(F)F)c(-c2c[nH]c3nc(C4CCOCC4)ccc23)n1. The van der Waals surface area contributed by atoms with E-state index in [4.69, 9.17) is 4.74 Å². The second kappa shape index (κ2) is 8.19. The van der Waals surface area contributed by atoms with Crippen LogP contribution < -0.4 is 5.32 Å². The second-order valence-corrected chi connectivity index (χ2v) is 7.40. The first-order valence-electron chi connectivity index (χ1n) is 9.74. The molecule has 0 radical (unpaired) electrons. The molecule has 1 saturated heterocycles. The van der Waals surface area contributed by atoms with E-state index in [9.17, 15) is 18.3 Å². The molecule has 0 aromatic carbocycles. The Balaban J connectivity index is 1.77. The van der Waals surface area contributed by atoms with Crippen LogP contribution in [0.3, 0.4) is 0 Å². The molecule has 0 spiro atoms. The fraction of sp³-hybridized carbons (Fsp3) is 0.450. The zero-order valence-electron chi connectivity index (χ0n) is 16.3. The van der Waals surface area contributed by atoms with Gasteiger partial charge in [0.15, 0.2) is 0 Å². The molecule has 0 bridgehead atoms. The maximum atomic E-state index is 13.6. The van der Waals surface area contributed by atoms with Crippen molar-refractivity contribution in [1.29, 1.82) is 0 Å². The third-order valence-corrected chi connectivity index (χ3v) is 5.20. The molecule has 160 valence electrons. The van der Waals surface area contributed by atoms with Crippen molar-refractivity contribution in [3.05, 3.63) is 35.8 Å². The average Bonchev–Trinajstić information content (AvgIpc) is 3.16. The molecule has 1 fully saturated rings. The molecule has 1 aliphatic heterocycles. The van der Waals surface area contributed by atoms with E-state index in [2.05, 4.69) is 25.3 Å². The molecule has 0 saturated carbocycles. The Morgan fingerprint density at radius 2 is 2.03 bits per heavy atom. The predicted molar refractivity (Wildman–Crippen MR) is 105 cm³/mol. The molecule has 0 unspecified atom stereocenters. The second-order valence-electron chi connectivity index (χ2n) is 7.40. The molecular weight excluding hydrogens is 399 g/mol. The van der Waals surface area contributed by atoms with Gasteiger partial charge < -0.3 is 20.1 Å². The van der Waals surface area contributed by atoms with Crippen molar-refractivity contribution >= 4 is 17.0 Å². The summed E-state index contributed by atoms with van der Waals surface area (Å²) in [6, 6.07) is 3.24. The first kappa shape index (κ1) is 20.5. The van der Waals surface area contributed by atoms with E-state index in [1.54, 1.807) is 13.0 Å². The summed E-state index contributed by atoms with van der Waals surface area (Å²) < 4.78 is 46.3. The van der Waals surface area contributed by atoms with E-state index >= 15 is 0 Å². The largest absolute Gasteiger partial charge is 0.419 e. The van der Waals surface area contributed by atoms with Gasteiger partial charge in [0.2, 0.25) is 5.95 Å². The number of nitrogens with zero attached hydrogens (tertiary/aromatic N) is 3. The lowest BCUT2D eigenvalue weighted by Gasteiger charge is -2.21. The number of fused-ring (bicyclic) bond motifs is 1.